The molecule has 0 unspecified atom stereocenters. The Balaban J connectivity index is 1.48. The van der Waals surface area contributed by atoms with Crippen molar-refractivity contribution >= 4 is 86.0 Å². The second kappa shape index (κ2) is 8.32. The SMILES string of the molecule is Nc1ccc(NC(=O)c2ccc3c(=O)c4cc(C(=O)Nc5ccc(N)s5)ccc4sc3c2)s1. The number of hydrogen-bond donors (Lipinski definition) is 4. The van der Waals surface area contributed by atoms with Gasteiger partial charge < -0.3 is 22.1 Å². The van der Waals surface area contributed by atoms with E-state index in [0.29, 0.717) is 46.6 Å². The molecule has 5 aromatic rings. The number of nitrogens with one attached hydrogen (secondary N) is 2. The smallest absolute Gasteiger partial charge is 0.256 e. The summed E-state index contributed by atoms with van der Waals surface area (Å²) < 4.78 is 1.42. The molecule has 10 heteroatoms. The van der Waals surface area contributed by atoms with Gasteiger partial charge in [-0.15, -0.1) is 34.0 Å². The number of thiophene rings is 2. The Kier molecular flexibility index (Phi) is 5.33. The Bertz CT molecular complexity index is 1620. The highest BCUT2D eigenvalue weighted by Gasteiger charge is 2.14. The van der Waals surface area contributed by atoms with Crippen molar-refractivity contribution in [1.29, 1.82) is 0 Å². The van der Waals surface area contributed by atoms with Crippen LogP contribution in [0.1, 0.15) is 20.7 Å². The van der Waals surface area contributed by atoms with Crippen LogP contribution in [0.3, 0.4) is 0 Å². The van der Waals surface area contributed by atoms with Crippen LogP contribution < -0.4 is 27.5 Å². The molecule has 0 aliphatic rings. The number of carbonyl (C=O) groups excluding carboxylic acids is 2. The van der Waals surface area contributed by atoms with Crippen LogP contribution in [0, 0.1) is 0 Å². The van der Waals surface area contributed by atoms with Crippen LogP contribution in [-0.4, -0.2) is 11.8 Å². The van der Waals surface area contributed by atoms with E-state index >= 15 is 0 Å². The molecule has 0 fully saturated rings. The molecule has 3 aromatic heterocycles. The lowest BCUT2D eigenvalue weighted by Gasteiger charge is -2.07. The van der Waals surface area contributed by atoms with Gasteiger partial charge in [0.05, 0.1) is 20.0 Å². The van der Waals surface area contributed by atoms with Crippen LogP contribution in [0.4, 0.5) is 20.0 Å². The Morgan fingerprint density at radius 2 is 1.21 bits per heavy atom. The number of fused-ring (bicyclic) bond motifs is 2. The highest BCUT2D eigenvalue weighted by atomic mass is 32.1. The molecule has 5 rings (SSSR count). The fourth-order valence-corrected chi connectivity index (χ4v) is 5.78. The van der Waals surface area contributed by atoms with Gasteiger partial charge in [-0.25, -0.2) is 0 Å². The lowest BCUT2D eigenvalue weighted by atomic mass is 10.1. The van der Waals surface area contributed by atoms with E-state index in [-0.39, 0.29) is 17.2 Å². The molecule has 164 valence electrons. The second-order valence-corrected chi connectivity index (χ2v) is 10.5. The first-order valence-electron chi connectivity index (χ1n) is 9.71. The highest BCUT2D eigenvalue weighted by molar-refractivity contribution is 7.24. The van der Waals surface area contributed by atoms with Gasteiger partial charge >= 0.3 is 0 Å². The Morgan fingerprint density at radius 3 is 1.79 bits per heavy atom. The number of carbonyl (C=O) groups is 2. The highest BCUT2D eigenvalue weighted by Crippen LogP contribution is 2.29. The van der Waals surface area contributed by atoms with Gasteiger partial charge in [0.25, 0.3) is 11.8 Å². The van der Waals surface area contributed by atoms with Crippen molar-refractivity contribution in [3.8, 4) is 0 Å². The van der Waals surface area contributed by atoms with E-state index in [1.54, 1.807) is 60.7 Å². The summed E-state index contributed by atoms with van der Waals surface area (Å²) in [5.41, 5.74) is 12.0. The van der Waals surface area contributed by atoms with Crippen LogP contribution in [0.5, 0.6) is 0 Å². The van der Waals surface area contributed by atoms with E-state index in [1.165, 1.54) is 34.0 Å². The van der Waals surface area contributed by atoms with Crippen molar-refractivity contribution in [3.63, 3.8) is 0 Å². The van der Waals surface area contributed by atoms with E-state index in [0.717, 1.165) is 4.70 Å². The van der Waals surface area contributed by atoms with Crippen LogP contribution in [0.25, 0.3) is 20.2 Å². The third-order valence-corrected chi connectivity index (χ3v) is 7.72. The van der Waals surface area contributed by atoms with Crippen LogP contribution in [-0.2, 0) is 0 Å². The minimum atomic E-state index is -0.315. The van der Waals surface area contributed by atoms with Gasteiger partial charge in [-0.05, 0) is 60.7 Å². The molecule has 6 N–H and O–H groups in total. The quantitative estimate of drug-likeness (QED) is 0.256. The molecule has 0 radical (unpaired) electrons. The zero-order valence-electron chi connectivity index (χ0n) is 16.9. The van der Waals surface area contributed by atoms with E-state index < -0.39 is 0 Å². The lowest BCUT2D eigenvalue weighted by molar-refractivity contribution is 0.101. The molecule has 0 saturated carbocycles. The molecule has 0 spiro atoms. The number of nitrogen functional groups attached to an aromatic ring is 2. The first-order chi connectivity index (χ1) is 15.9. The van der Waals surface area contributed by atoms with Gasteiger partial charge in [0.15, 0.2) is 5.43 Å². The molecule has 0 saturated heterocycles. The first kappa shape index (κ1) is 21.1. The summed E-state index contributed by atoms with van der Waals surface area (Å²) in [5.74, 6) is -0.593. The Labute approximate surface area is 199 Å². The third kappa shape index (κ3) is 4.19. The largest absolute Gasteiger partial charge is 0.391 e. The second-order valence-electron chi connectivity index (χ2n) is 7.17. The summed E-state index contributed by atoms with van der Waals surface area (Å²) in [5, 5.41) is 9.06. The molecule has 0 aliphatic carbocycles. The fraction of sp³-hybridized carbons (Fsp3) is 0. The van der Waals surface area contributed by atoms with Gasteiger partial charge in [0.2, 0.25) is 0 Å². The number of hydrogen-bond acceptors (Lipinski definition) is 8. The van der Waals surface area contributed by atoms with Crippen molar-refractivity contribution in [3.05, 3.63) is 82.0 Å². The zero-order chi connectivity index (χ0) is 23.1. The van der Waals surface area contributed by atoms with Crippen molar-refractivity contribution in [2.75, 3.05) is 22.1 Å². The van der Waals surface area contributed by atoms with E-state index in [4.69, 9.17) is 11.5 Å². The number of amides is 2. The summed E-state index contributed by atoms with van der Waals surface area (Å²) >= 11 is 3.95. The van der Waals surface area contributed by atoms with Crippen molar-refractivity contribution in [1.82, 2.24) is 0 Å². The minimum Gasteiger partial charge on any atom is -0.391 e. The lowest BCUT2D eigenvalue weighted by Crippen LogP contribution is -2.12. The van der Waals surface area contributed by atoms with Crippen LogP contribution in [0.2, 0.25) is 0 Å². The van der Waals surface area contributed by atoms with Gasteiger partial charge in [-0.3, -0.25) is 14.4 Å². The summed E-state index contributed by atoms with van der Waals surface area (Å²) in [6.07, 6.45) is 0. The summed E-state index contributed by atoms with van der Waals surface area (Å²) in [6.45, 7) is 0. The fourth-order valence-electron chi connectivity index (χ4n) is 3.34. The molecular weight excluding hydrogens is 476 g/mol. The topological polar surface area (TPSA) is 127 Å². The molecule has 3 heterocycles. The Hall–Kier alpha value is -3.73. The van der Waals surface area contributed by atoms with Crippen molar-refractivity contribution < 1.29 is 9.59 Å². The third-order valence-electron chi connectivity index (χ3n) is 4.92. The number of nitrogens with two attached hydrogens (primary N) is 2. The predicted octanol–water partition coefficient (Wildman–Crippen LogP) is 5.21. The molecule has 2 aromatic carbocycles. The number of rotatable bonds is 4. The van der Waals surface area contributed by atoms with Gasteiger partial charge in [0, 0.05) is 31.3 Å². The maximum Gasteiger partial charge on any atom is 0.256 e. The molecule has 7 nitrogen and oxygen atoms in total. The van der Waals surface area contributed by atoms with Gasteiger partial charge in [-0.2, -0.15) is 0 Å². The van der Waals surface area contributed by atoms with Crippen LogP contribution >= 0.6 is 34.0 Å². The molecular formula is C23H16N4O3S3. The van der Waals surface area contributed by atoms with Crippen LogP contribution in [0.15, 0.2) is 65.5 Å². The van der Waals surface area contributed by atoms with E-state index in [2.05, 4.69) is 10.6 Å². The zero-order valence-corrected chi connectivity index (χ0v) is 19.3. The standard InChI is InChI=1S/C23H16N4O3S3/c24-17-5-7-19(32-17)26-22(29)11-2-4-15-14(9-11)21(28)13-3-1-12(10-16(13)31-15)23(30)27-20-8-6-18(25)33-20/h1-10H,24-25H2,(H,26,29)(H,27,30). The number of benzene rings is 2. The summed E-state index contributed by atoms with van der Waals surface area (Å²) in [6, 6.07) is 16.9. The van der Waals surface area contributed by atoms with Crippen molar-refractivity contribution in [2.45, 2.75) is 0 Å². The average molecular weight is 493 g/mol. The van der Waals surface area contributed by atoms with E-state index in [9.17, 15) is 14.4 Å². The van der Waals surface area contributed by atoms with E-state index in [1.807, 2.05) is 0 Å². The van der Waals surface area contributed by atoms with Crippen molar-refractivity contribution in [2.24, 2.45) is 0 Å². The summed E-state index contributed by atoms with van der Waals surface area (Å²) in [4.78, 5) is 38.4. The first-order valence-corrected chi connectivity index (χ1v) is 12.2. The monoisotopic (exact) mass is 492 g/mol. The summed E-state index contributed by atoms with van der Waals surface area (Å²) in [7, 11) is 0. The number of anilines is 4. The average Bonchev–Trinajstić information content (AvgIpc) is 3.40. The molecule has 0 bridgehead atoms. The maximum atomic E-state index is 13.1. The normalized spacial score (nSPS) is 11.0. The minimum absolute atomic E-state index is 0.188. The predicted molar refractivity (Wildman–Crippen MR) is 139 cm³/mol. The van der Waals surface area contributed by atoms with Gasteiger partial charge in [-0.1, -0.05) is 0 Å². The molecule has 0 atom stereocenters. The maximum absolute atomic E-state index is 13.1. The molecule has 0 aliphatic heterocycles. The van der Waals surface area contributed by atoms with Gasteiger partial charge in [0.1, 0.15) is 0 Å². The Morgan fingerprint density at radius 1 is 0.636 bits per heavy atom. The molecule has 33 heavy (non-hydrogen) atoms. The molecule has 2 amide bonds.